The Labute approximate surface area is 194 Å². The summed E-state index contributed by atoms with van der Waals surface area (Å²) >= 11 is 5.93. The monoisotopic (exact) mass is 477 g/mol. The summed E-state index contributed by atoms with van der Waals surface area (Å²) in [5, 5.41) is 4.68. The highest BCUT2D eigenvalue weighted by molar-refractivity contribution is 7.92. The van der Waals surface area contributed by atoms with Gasteiger partial charge in [0.2, 0.25) is 0 Å². The number of hydrogen-bond donors (Lipinski definition) is 1. The van der Waals surface area contributed by atoms with E-state index in [1.807, 2.05) is 6.92 Å². The van der Waals surface area contributed by atoms with Crippen LogP contribution in [0, 0.1) is 0 Å². The Morgan fingerprint density at radius 2 is 1.72 bits per heavy atom. The number of sulfonamides is 1. The van der Waals surface area contributed by atoms with E-state index in [1.165, 1.54) is 24.3 Å². The van der Waals surface area contributed by atoms with Gasteiger partial charge < -0.3 is 4.74 Å². The second kappa shape index (κ2) is 11.3. The maximum absolute atomic E-state index is 13.5. The first-order chi connectivity index (χ1) is 15.4. The second-order valence-corrected chi connectivity index (χ2v) is 9.79. The number of benzene rings is 2. The third-order valence-electron chi connectivity index (χ3n) is 5.14. The summed E-state index contributed by atoms with van der Waals surface area (Å²) in [7, 11) is -4.07. The minimum Gasteiger partial charge on any atom is -0.492 e. The van der Waals surface area contributed by atoms with Crippen molar-refractivity contribution in [2.75, 3.05) is 17.5 Å². The van der Waals surface area contributed by atoms with Crippen LogP contribution < -0.4 is 14.5 Å². The lowest BCUT2D eigenvalue weighted by molar-refractivity contribution is -0.119. The molecular formula is C23H28ClN3O4S. The smallest absolute Gasteiger partial charge is 0.264 e. The summed E-state index contributed by atoms with van der Waals surface area (Å²) in [4.78, 5) is 12.8. The van der Waals surface area contributed by atoms with E-state index >= 15 is 0 Å². The molecule has 1 aliphatic rings. The van der Waals surface area contributed by atoms with Gasteiger partial charge in [-0.25, -0.2) is 13.8 Å². The molecule has 2 aromatic carbocycles. The zero-order valence-corrected chi connectivity index (χ0v) is 19.7. The van der Waals surface area contributed by atoms with Crippen molar-refractivity contribution in [3.8, 4) is 5.75 Å². The van der Waals surface area contributed by atoms with E-state index in [0.29, 0.717) is 17.4 Å². The van der Waals surface area contributed by atoms with Gasteiger partial charge in [-0.2, -0.15) is 5.10 Å². The van der Waals surface area contributed by atoms with Crippen LogP contribution in [0.2, 0.25) is 5.02 Å². The van der Waals surface area contributed by atoms with Crippen LogP contribution in [0.4, 0.5) is 5.69 Å². The van der Waals surface area contributed by atoms with Crippen LogP contribution >= 0.6 is 11.6 Å². The second-order valence-electron chi connectivity index (χ2n) is 7.49. The van der Waals surface area contributed by atoms with E-state index in [1.54, 1.807) is 24.3 Å². The molecule has 0 spiro atoms. The third kappa shape index (κ3) is 6.23. The minimum atomic E-state index is -4.07. The van der Waals surface area contributed by atoms with Crippen molar-refractivity contribution in [1.29, 1.82) is 0 Å². The molecule has 0 atom stereocenters. The van der Waals surface area contributed by atoms with Crippen LogP contribution in [0.3, 0.4) is 0 Å². The Bertz CT molecular complexity index is 1050. The first-order valence-electron chi connectivity index (χ1n) is 10.8. The molecule has 1 fully saturated rings. The number of carbonyl (C=O) groups excluding carboxylic acids is 1. The quantitative estimate of drug-likeness (QED) is 0.438. The fourth-order valence-corrected chi connectivity index (χ4v) is 5.09. The van der Waals surface area contributed by atoms with Gasteiger partial charge in [0, 0.05) is 10.7 Å². The topological polar surface area (TPSA) is 88.1 Å². The van der Waals surface area contributed by atoms with E-state index < -0.39 is 22.5 Å². The van der Waals surface area contributed by atoms with Crippen molar-refractivity contribution in [1.82, 2.24) is 5.43 Å². The van der Waals surface area contributed by atoms with E-state index in [0.717, 1.165) is 48.5 Å². The molecule has 7 nitrogen and oxygen atoms in total. The Kier molecular flexibility index (Phi) is 8.53. The Morgan fingerprint density at radius 1 is 1.06 bits per heavy atom. The highest BCUT2D eigenvalue weighted by Crippen LogP contribution is 2.32. The number of hydrazone groups is 1. The zero-order valence-electron chi connectivity index (χ0n) is 18.1. The lowest BCUT2D eigenvalue weighted by Gasteiger charge is -2.25. The van der Waals surface area contributed by atoms with Gasteiger partial charge in [0.25, 0.3) is 15.9 Å². The molecule has 0 aromatic heterocycles. The summed E-state index contributed by atoms with van der Waals surface area (Å²) in [6.45, 7) is 1.72. The summed E-state index contributed by atoms with van der Waals surface area (Å²) < 4.78 is 33.7. The standard InChI is InChI=1S/C23H28ClN3O4S/c1-2-31-22-12-8-7-11-21(22)27(32(29,30)20-15-13-18(24)14-16-20)17-23(28)26-25-19-9-5-3-4-6-10-19/h7-8,11-16H,2-6,9-10,17H2,1H3,(H,26,28). The highest BCUT2D eigenvalue weighted by atomic mass is 35.5. The van der Waals surface area contributed by atoms with Gasteiger partial charge in [-0.1, -0.05) is 36.6 Å². The van der Waals surface area contributed by atoms with Gasteiger partial charge in [0.1, 0.15) is 12.3 Å². The summed E-state index contributed by atoms with van der Waals surface area (Å²) in [6, 6.07) is 12.6. The van der Waals surface area contributed by atoms with Crippen LogP contribution in [-0.4, -0.2) is 33.2 Å². The Balaban J connectivity index is 1.91. The van der Waals surface area contributed by atoms with Crippen LogP contribution in [-0.2, 0) is 14.8 Å². The van der Waals surface area contributed by atoms with E-state index in [2.05, 4.69) is 10.5 Å². The zero-order chi connectivity index (χ0) is 23.0. The molecule has 1 N–H and O–H groups in total. The number of halogens is 1. The third-order valence-corrected chi connectivity index (χ3v) is 7.17. The summed E-state index contributed by atoms with van der Waals surface area (Å²) in [6.07, 6.45) is 6.12. The maximum Gasteiger partial charge on any atom is 0.264 e. The lowest BCUT2D eigenvalue weighted by atomic mass is 10.2. The average Bonchev–Trinajstić information content (AvgIpc) is 3.06. The normalized spacial score (nSPS) is 14.4. The van der Waals surface area contributed by atoms with Crippen molar-refractivity contribution < 1.29 is 17.9 Å². The molecule has 3 rings (SSSR count). The minimum absolute atomic E-state index is 0.0242. The molecule has 0 aliphatic heterocycles. The number of nitrogens with zero attached hydrogens (tertiary/aromatic N) is 2. The van der Waals surface area contributed by atoms with Crippen molar-refractivity contribution in [2.24, 2.45) is 5.10 Å². The number of amides is 1. The van der Waals surface area contributed by atoms with Crippen LogP contribution in [0.1, 0.15) is 45.4 Å². The molecule has 0 radical (unpaired) electrons. The maximum atomic E-state index is 13.5. The molecule has 9 heteroatoms. The SMILES string of the molecule is CCOc1ccccc1N(CC(=O)NN=C1CCCCCC1)S(=O)(=O)c1ccc(Cl)cc1. The fraction of sp³-hybridized carbons (Fsp3) is 0.391. The van der Waals surface area contributed by atoms with E-state index in [4.69, 9.17) is 16.3 Å². The summed E-state index contributed by atoms with van der Waals surface area (Å²) in [5.74, 6) is -0.152. The molecule has 1 aliphatic carbocycles. The molecule has 172 valence electrons. The number of hydrogen-bond acceptors (Lipinski definition) is 5. The Morgan fingerprint density at radius 3 is 2.38 bits per heavy atom. The molecule has 0 saturated heterocycles. The van der Waals surface area contributed by atoms with Gasteiger partial charge in [0.15, 0.2) is 0 Å². The number of anilines is 1. The van der Waals surface area contributed by atoms with E-state index in [-0.39, 0.29) is 10.6 Å². The van der Waals surface area contributed by atoms with Gasteiger partial charge in [-0.15, -0.1) is 0 Å². The highest BCUT2D eigenvalue weighted by Gasteiger charge is 2.29. The van der Waals surface area contributed by atoms with Crippen LogP contribution in [0.5, 0.6) is 5.75 Å². The van der Waals surface area contributed by atoms with Crippen LogP contribution in [0.15, 0.2) is 58.5 Å². The predicted octanol–water partition coefficient (Wildman–Crippen LogP) is 4.76. The first kappa shape index (κ1) is 24.1. The van der Waals surface area contributed by atoms with Crippen molar-refractivity contribution >= 4 is 38.9 Å². The molecule has 1 saturated carbocycles. The molecule has 32 heavy (non-hydrogen) atoms. The number of ether oxygens (including phenoxy) is 1. The van der Waals surface area contributed by atoms with E-state index in [9.17, 15) is 13.2 Å². The molecule has 2 aromatic rings. The number of carbonyl (C=O) groups is 1. The lowest BCUT2D eigenvalue weighted by Crippen LogP contribution is -2.40. The molecule has 0 unspecified atom stereocenters. The van der Waals surface area contributed by atoms with Gasteiger partial charge in [-0.3, -0.25) is 9.10 Å². The number of rotatable bonds is 8. The van der Waals surface area contributed by atoms with Gasteiger partial charge in [-0.05, 0) is 69.0 Å². The van der Waals surface area contributed by atoms with Crippen molar-refractivity contribution in [3.05, 3.63) is 53.6 Å². The fourth-order valence-electron chi connectivity index (χ4n) is 3.53. The molecule has 1 amide bonds. The van der Waals surface area contributed by atoms with Crippen molar-refractivity contribution in [2.45, 2.75) is 50.3 Å². The molecule has 0 heterocycles. The van der Waals surface area contributed by atoms with Crippen molar-refractivity contribution in [3.63, 3.8) is 0 Å². The number of nitrogens with one attached hydrogen (secondary N) is 1. The predicted molar refractivity (Wildman–Crippen MR) is 127 cm³/mol. The number of para-hydroxylation sites is 2. The molecular weight excluding hydrogens is 450 g/mol. The van der Waals surface area contributed by atoms with Gasteiger partial charge >= 0.3 is 0 Å². The Hall–Kier alpha value is -2.58. The summed E-state index contributed by atoms with van der Waals surface area (Å²) in [5.41, 5.74) is 3.77. The largest absolute Gasteiger partial charge is 0.492 e. The molecule has 0 bridgehead atoms. The first-order valence-corrected chi connectivity index (χ1v) is 12.6. The van der Waals surface area contributed by atoms with Crippen LogP contribution in [0.25, 0.3) is 0 Å². The van der Waals surface area contributed by atoms with Gasteiger partial charge in [0.05, 0.1) is 17.2 Å². The average molecular weight is 478 g/mol.